The van der Waals surface area contributed by atoms with Gasteiger partial charge >= 0.3 is 0 Å². The molecule has 17 heavy (non-hydrogen) atoms. The highest BCUT2D eigenvalue weighted by Crippen LogP contribution is 2.31. The average molecular weight is 242 g/mol. The summed E-state index contributed by atoms with van der Waals surface area (Å²) in [6, 6.07) is 0. The molecule has 2 N–H and O–H groups in total. The van der Waals surface area contributed by atoms with Crippen molar-refractivity contribution in [2.24, 2.45) is 23.7 Å². The van der Waals surface area contributed by atoms with E-state index in [1.54, 1.807) is 0 Å². The van der Waals surface area contributed by atoms with Crippen LogP contribution in [0, 0.1) is 23.7 Å². The van der Waals surface area contributed by atoms with Crippen molar-refractivity contribution < 1.29 is 10.2 Å². The minimum absolute atomic E-state index is 0.185. The third kappa shape index (κ3) is 4.59. The predicted octanol–water partition coefficient (Wildman–Crippen LogP) is 3.22. The second kappa shape index (κ2) is 6.75. The maximum atomic E-state index is 10.2. The summed E-state index contributed by atoms with van der Waals surface area (Å²) in [5.41, 5.74) is 0. The van der Waals surface area contributed by atoms with Gasteiger partial charge in [0.25, 0.3) is 0 Å². The monoisotopic (exact) mass is 242 g/mol. The first-order valence-electron chi connectivity index (χ1n) is 7.28. The van der Waals surface area contributed by atoms with Gasteiger partial charge in [-0.1, -0.05) is 27.7 Å². The fourth-order valence-corrected chi connectivity index (χ4v) is 2.85. The van der Waals surface area contributed by atoms with E-state index in [4.69, 9.17) is 0 Å². The molecule has 0 heterocycles. The number of aliphatic hydroxyl groups is 2. The SMILES string of the molecule is CC(C)[C@H]1CC[C@H](C)[C@H](O)CC[C@H](C)[C@H](O)C1. The molecular formula is C15H30O2. The molecule has 1 fully saturated rings. The van der Waals surface area contributed by atoms with E-state index in [-0.39, 0.29) is 12.2 Å². The van der Waals surface area contributed by atoms with Crippen LogP contribution in [0.4, 0.5) is 0 Å². The number of hydrogen-bond donors (Lipinski definition) is 2. The second-order valence-electron chi connectivity index (χ2n) is 6.48. The summed E-state index contributed by atoms with van der Waals surface area (Å²) in [5.74, 6) is 1.94. The average Bonchev–Trinajstić information content (AvgIpc) is 2.28. The fourth-order valence-electron chi connectivity index (χ4n) is 2.85. The minimum Gasteiger partial charge on any atom is -0.393 e. The maximum absolute atomic E-state index is 10.2. The van der Waals surface area contributed by atoms with Gasteiger partial charge in [-0.2, -0.15) is 0 Å². The lowest BCUT2D eigenvalue weighted by molar-refractivity contribution is 0.0375. The van der Waals surface area contributed by atoms with Gasteiger partial charge in [0.2, 0.25) is 0 Å². The van der Waals surface area contributed by atoms with Gasteiger partial charge in [0, 0.05) is 0 Å². The zero-order valence-corrected chi connectivity index (χ0v) is 11.9. The summed E-state index contributed by atoms with van der Waals surface area (Å²) in [7, 11) is 0. The normalized spacial score (nSPS) is 41.5. The Morgan fingerprint density at radius 2 is 1.35 bits per heavy atom. The molecule has 5 atom stereocenters. The van der Waals surface area contributed by atoms with E-state index < -0.39 is 0 Å². The molecule has 0 aromatic heterocycles. The Morgan fingerprint density at radius 1 is 0.824 bits per heavy atom. The van der Waals surface area contributed by atoms with E-state index in [9.17, 15) is 10.2 Å². The molecule has 2 nitrogen and oxygen atoms in total. The van der Waals surface area contributed by atoms with E-state index >= 15 is 0 Å². The van der Waals surface area contributed by atoms with Crippen molar-refractivity contribution in [3.8, 4) is 0 Å². The molecule has 1 aliphatic rings. The van der Waals surface area contributed by atoms with Gasteiger partial charge in [0.1, 0.15) is 0 Å². The van der Waals surface area contributed by atoms with Crippen molar-refractivity contribution in [3.05, 3.63) is 0 Å². The maximum Gasteiger partial charge on any atom is 0.0568 e. The molecule has 0 aromatic rings. The van der Waals surface area contributed by atoms with Crippen molar-refractivity contribution in [2.75, 3.05) is 0 Å². The van der Waals surface area contributed by atoms with Gasteiger partial charge in [0.05, 0.1) is 12.2 Å². The summed E-state index contributed by atoms with van der Waals surface area (Å²) in [5, 5.41) is 20.2. The van der Waals surface area contributed by atoms with Crippen molar-refractivity contribution in [3.63, 3.8) is 0 Å². The molecule has 1 rings (SSSR count). The highest BCUT2D eigenvalue weighted by atomic mass is 16.3. The Morgan fingerprint density at radius 3 is 1.94 bits per heavy atom. The quantitative estimate of drug-likeness (QED) is 0.741. The summed E-state index contributed by atoms with van der Waals surface area (Å²) in [6.45, 7) is 8.76. The molecule has 0 spiro atoms. The van der Waals surface area contributed by atoms with Crippen LogP contribution >= 0.6 is 0 Å². The number of hydrogen-bond acceptors (Lipinski definition) is 2. The third-order valence-electron chi connectivity index (χ3n) is 4.71. The van der Waals surface area contributed by atoms with Crippen LogP contribution in [0.5, 0.6) is 0 Å². The second-order valence-corrected chi connectivity index (χ2v) is 6.48. The predicted molar refractivity (Wildman–Crippen MR) is 71.8 cm³/mol. The van der Waals surface area contributed by atoms with Crippen LogP contribution in [-0.4, -0.2) is 22.4 Å². The number of aliphatic hydroxyl groups excluding tert-OH is 2. The molecule has 1 aliphatic carbocycles. The zero-order chi connectivity index (χ0) is 13.0. The van der Waals surface area contributed by atoms with Crippen molar-refractivity contribution >= 4 is 0 Å². The Labute approximate surface area is 106 Å². The summed E-state index contributed by atoms with van der Waals surface area (Å²) in [4.78, 5) is 0. The van der Waals surface area contributed by atoms with Crippen molar-refractivity contribution in [2.45, 2.75) is 72.0 Å². The largest absolute Gasteiger partial charge is 0.393 e. The molecule has 0 aliphatic heterocycles. The lowest BCUT2D eigenvalue weighted by Gasteiger charge is -2.31. The molecule has 0 radical (unpaired) electrons. The lowest BCUT2D eigenvalue weighted by atomic mass is 9.78. The highest BCUT2D eigenvalue weighted by molar-refractivity contribution is 4.77. The fraction of sp³-hybridized carbons (Fsp3) is 1.00. The van der Waals surface area contributed by atoms with E-state index in [1.807, 2.05) is 0 Å². The molecular weight excluding hydrogens is 212 g/mol. The molecule has 0 aromatic carbocycles. The molecule has 102 valence electrons. The molecule has 0 bridgehead atoms. The van der Waals surface area contributed by atoms with E-state index in [1.165, 1.54) is 0 Å². The summed E-state index contributed by atoms with van der Waals surface area (Å²) in [6.07, 6.45) is 4.56. The smallest absolute Gasteiger partial charge is 0.0568 e. The first-order chi connectivity index (χ1) is 7.91. The standard InChI is InChI=1S/C15H30O2/c1-10(2)13-7-5-11(3)14(16)8-6-12(4)15(17)9-13/h10-17H,5-9H2,1-4H3/t11-,12-,13-,14+,15+/m0/s1. The molecule has 2 heteroatoms. The van der Waals surface area contributed by atoms with Crippen LogP contribution < -0.4 is 0 Å². The van der Waals surface area contributed by atoms with Crippen LogP contribution in [-0.2, 0) is 0 Å². The van der Waals surface area contributed by atoms with Gasteiger partial charge in [-0.05, 0) is 55.8 Å². The van der Waals surface area contributed by atoms with Gasteiger partial charge < -0.3 is 10.2 Å². The van der Waals surface area contributed by atoms with Gasteiger partial charge in [0.15, 0.2) is 0 Å². The van der Waals surface area contributed by atoms with Crippen molar-refractivity contribution in [1.82, 2.24) is 0 Å². The Balaban J connectivity index is 2.66. The van der Waals surface area contributed by atoms with Crippen LogP contribution in [0.1, 0.15) is 59.8 Å². The summed E-state index contributed by atoms with van der Waals surface area (Å²) < 4.78 is 0. The topological polar surface area (TPSA) is 40.5 Å². The molecule has 0 unspecified atom stereocenters. The van der Waals surface area contributed by atoms with Gasteiger partial charge in [-0.15, -0.1) is 0 Å². The Bertz CT molecular complexity index is 215. The Kier molecular flexibility index (Phi) is 5.94. The Hall–Kier alpha value is -0.0800. The highest BCUT2D eigenvalue weighted by Gasteiger charge is 2.26. The van der Waals surface area contributed by atoms with Crippen LogP contribution in [0.2, 0.25) is 0 Å². The molecule has 0 saturated heterocycles. The first kappa shape index (κ1) is 15.0. The van der Waals surface area contributed by atoms with E-state index in [0.717, 1.165) is 32.1 Å². The van der Waals surface area contributed by atoms with Gasteiger partial charge in [-0.25, -0.2) is 0 Å². The van der Waals surface area contributed by atoms with E-state index in [0.29, 0.717) is 23.7 Å². The van der Waals surface area contributed by atoms with Crippen LogP contribution in [0.3, 0.4) is 0 Å². The van der Waals surface area contributed by atoms with Gasteiger partial charge in [-0.3, -0.25) is 0 Å². The molecule has 0 amide bonds. The third-order valence-corrected chi connectivity index (χ3v) is 4.71. The first-order valence-corrected chi connectivity index (χ1v) is 7.28. The minimum atomic E-state index is -0.192. The van der Waals surface area contributed by atoms with Crippen LogP contribution in [0.25, 0.3) is 0 Å². The molecule has 1 saturated carbocycles. The van der Waals surface area contributed by atoms with E-state index in [2.05, 4.69) is 27.7 Å². The van der Waals surface area contributed by atoms with Crippen LogP contribution in [0.15, 0.2) is 0 Å². The summed E-state index contributed by atoms with van der Waals surface area (Å²) >= 11 is 0. The number of rotatable bonds is 1. The van der Waals surface area contributed by atoms with Crippen molar-refractivity contribution in [1.29, 1.82) is 0 Å². The lowest BCUT2D eigenvalue weighted by Crippen LogP contribution is -2.29. The zero-order valence-electron chi connectivity index (χ0n) is 11.9.